The molecule has 0 saturated carbocycles. The number of nitrogens with one attached hydrogen (secondary N) is 1. The van der Waals surface area contributed by atoms with Gasteiger partial charge in [0.15, 0.2) is 0 Å². The standard InChI is InChI=1S/C16H15ClN2OS/c17-13-3-1-2-12(8-13)10-16(20)19-14-6-4-11(5-7-14)9-15(18)21/h1-8H,9-10H2,(H2,18,21)(H,19,20). The SMILES string of the molecule is NC(=S)Cc1ccc(NC(=O)Cc2cccc(Cl)c2)cc1. The lowest BCUT2D eigenvalue weighted by atomic mass is 10.1. The van der Waals surface area contributed by atoms with Gasteiger partial charge in [0, 0.05) is 17.1 Å². The third-order valence-corrected chi connectivity index (χ3v) is 3.25. The number of carbonyl (C=O) groups excluding carboxylic acids is 1. The average Bonchev–Trinajstić information content (AvgIpc) is 2.40. The van der Waals surface area contributed by atoms with E-state index in [0.717, 1.165) is 16.8 Å². The zero-order valence-electron chi connectivity index (χ0n) is 11.3. The Labute approximate surface area is 134 Å². The van der Waals surface area contributed by atoms with Gasteiger partial charge in [0.25, 0.3) is 0 Å². The molecule has 21 heavy (non-hydrogen) atoms. The molecule has 0 radical (unpaired) electrons. The van der Waals surface area contributed by atoms with Crippen LogP contribution in [0, 0.1) is 0 Å². The maximum absolute atomic E-state index is 12.0. The first-order valence-corrected chi connectivity index (χ1v) is 7.23. The van der Waals surface area contributed by atoms with Crippen LogP contribution >= 0.6 is 23.8 Å². The molecule has 1 amide bonds. The second-order valence-electron chi connectivity index (χ2n) is 4.69. The molecule has 0 fully saturated rings. The summed E-state index contributed by atoms with van der Waals surface area (Å²) in [5.74, 6) is -0.0839. The summed E-state index contributed by atoms with van der Waals surface area (Å²) in [6, 6.07) is 14.7. The van der Waals surface area contributed by atoms with Gasteiger partial charge < -0.3 is 11.1 Å². The normalized spacial score (nSPS) is 10.1. The molecular formula is C16H15ClN2OS. The monoisotopic (exact) mass is 318 g/mol. The van der Waals surface area contributed by atoms with E-state index in [1.165, 1.54) is 0 Å². The second kappa shape index (κ2) is 7.20. The van der Waals surface area contributed by atoms with E-state index in [-0.39, 0.29) is 12.3 Å². The zero-order valence-corrected chi connectivity index (χ0v) is 12.9. The van der Waals surface area contributed by atoms with Gasteiger partial charge >= 0.3 is 0 Å². The fourth-order valence-corrected chi connectivity index (χ4v) is 2.32. The highest BCUT2D eigenvalue weighted by atomic mass is 35.5. The van der Waals surface area contributed by atoms with Crippen molar-refractivity contribution in [2.75, 3.05) is 5.32 Å². The lowest BCUT2D eigenvalue weighted by molar-refractivity contribution is -0.115. The number of halogens is 1. The Balaban J connectivity index is 1.95. The van der Waals surface area contributed by atoms with Crippen molar-refractivity contribution in [3.05, 3.63) is 64.7 Å². The van der Waals surface area contributed by atoms with Gasteiger partial charge in [0.05, 0.1) is 11.4 Å². The molecule has 108 valence electrons. The van der Waals surface area contributed by atoms with Crippen molar-refractivity contribution in [2.45, 2.75) is 12.8 Å². The molecule has 2 aromatic rings. The fraction of sp³-hybridized carbons (Fsp3) is 0.125. The molecule has 0 saturated heterocycles. The summed E-state index contributed by atoms with van der Waals surface area (Å²) in [4.78, 5) is 12.4. The van der Waals surface area contributed by atoms with Crippen molar-refractivity contribution in [3.8, 4) is 0 Å². The van der Waals surface area contributed by atoms with Crippen LogP contribution in [0.2, 0.25) is 5.02 Å². The molecule has 0 bridgehead atoms. The first-order chi connectivity index (χ1) is 10.0. The van der Waals surface area contributed by atoms with Crippen molar-refractivity contribution in [1.82, 2.24) is 0 Å². The van der Waals surface area contributed by atoms with Crippen molar-refractivity contribution >= 4 is 40.4 Å². The lowest BCUT2D eigenvalue weighted by Crippen LogP contribution is -2.14. The van der Waals surface area contributed by atoms with Crippen LogP contribution in [0.1, 0.15) is 11.1 Å². The molecule has 0 unspecified atom stereocenters. The lowest BCUT2D eigenvalue weighted by Gasteiger charge is -2.07. The molecule has 0 atom stereocenters. The predicted molar refractivity (Wildman–Crippen MR) is 90.7 cm³/mol. The number of hydrogen-bond acceptors (Lipinski definition) is 2. The maximum atomic E-state index is 12.0. The number of carbonyl (C=O) groups is 1. The van der Waals surface area contributed by atoms with Crippen molar-refractivity contribution in [1.29, 1.82) is 0 Å². The Kier molecular flexibility index (Phi) is 5.31. The molecule has 0 heterocycles. The molecule has 2 aromatic carbocycles. The maximum Gasteiger partial charge on any atom is 0.228 e. The molecule has 0 aliphatic heterocycles. The predicted octanol–water partition coefficient (Wildman–Crippen LogP) is 3.35. The van der Waals surface area contributed by atoms with E-state index >= 15 is 0 Å². The minimum absolute atomic E-state index is 0.0839. The number of amides is 1. The van der Waals surface area contributed by atoms with E-state index in [4.69, 9.17) is 29.6 Å². The molecule has 0 aromatic heterocycles. The second-order valence-corrected chi connectivity index (χ2v) is 5.66. The number of hydrogen-bond donors (Lipinski definition) is 2. The number of anilines is 1. The molecule has 2 rings (SSSR count). The average molecular weight is 319 g/mol. The number of thiocarbonyl (C=S) groups is 1. The summed E-state index contributed by atoms with van der Waals surface area (Å²) in [7, 11) is 0. The van der Waals surface area contributed by atoms with Gasteiger partial charge in [-0.25, -0.2) is 0 Å². The van der Waals surface area contributed by atoms with Gasteiger partial charge in [0.1, 0.15) is 0 Å². The molecule has 5 heteroatoms. The first kappa shape index (κ1) is 15.5. The molecule has 0 spiro atoms. The smallest absolute Gasteiger partial charge is 0.228 e. The number of benzene rings is 2. The minimum Gasteiger partial charge on any atom is -0.393 e. The van der Waals surface area contributed by atoms with Gasteiger partial charge in [-0.05, 0) is 35.4 Å². The van der Waals surface area contributed by atoms with Crippen LogP contribution in [0.25, 0.3) is 0 Å². The Hall–Kier alpha value is -1.91. The van der Waals surface area contributed by atoms with Gasteiger partial charge in [-0.2, -0.15) is 0 Å². The van der Waals surface area contributed by atoms with Crippen LogP contribution in [0.15, 0.2) is 48.5 Å². The molecule has 0 aliphatic rings. The third kappa shape index (κ3) is 5.17. The first-order valence-electron chi connectivity index (χ1n) is 6.44. The molecule has 0 aliphatic carbocycles. The highest BCUT2D eigenvalue weighted by molar-refractivity contribution is 7.80. The molecular weight excluding hydrogens is 304 g/mol. The number of nitrogens with two attached hydrogens (primary N) is 1. The summed E-state index contributed by atoms with van der Waals surface area (Å²) in [6.45, 7) is 0. The van der Waals surface area contributed by atoms with E-state index in [9.17, 15) is 4.79 Å². The van der Waals surface area contributed by atoms with Crippen LogP contribution in [-0.4, -0.2) is 10.9 Å². The zero-order chi connectivity index (χ0) is 15.2. The van der Waals surface area contributed by atoms with Gasteiger partial charge in [-0.15, -0.1) is 0 Å². The van der Waals surface area contributed by atoms with Crippen molar-refractivity contribution < 1.29 is 4.79 Å². The van der Waals surface area contributed by atoms with E-state index < -0.39 is 0 Å². The largest absolute Gasteiger partial charge is 0.393 e. The summed E-state index contributed by atoms with van der Waals surface area (Å²) >= 11 is 10.8. The third-order valence-electron chi connectivity index (χ3n) is 2.87. The summed E-state index contributed by atoms with van der Waals surface area (Å²) < 4.78 is 0. The highest BCUT2D eigenvalue weighted by Crippen LogP contribution is 2.13. The van der Waals surface area contributed by atoms with Crippen molar-refractivity contribution in [3.63, 3.8) is 0 Å². The van der Waals surface area contributed by atoms with Crippen molar-refractivity contribution in [2.24, 2.45) is 5.73 Å². The summed E-state index contributed by atoms with van der Waals surface area (Å²) in [6.07, 6.45) is 0.848. The van der Waals surface area contributed by atoms with E-state index in [0.29, 0.717) is 16.4 Å². The van der Waals surface area contributed by atoms with Crippen LogP contribution in [0.3, 0.4) is 0 Å². The van der Waals surface area contributed by atoms with Gasteiger partial charge in [-0.1, -0.05) is 48.1 Å². The van der Waals surface area contributed by atoms with E-state index in [1.807, 2.05) is 36.4 Å². The Morgan fingerprint density at radius 1 is 1.10 bits per heavy atom. The van der Waals surface area contributed by atoms with Gasteiger partial charge in [-0.3, -0.25) is 4.79 Å². The Morgan fingerprint density at radius 3 is 2.43 bits per heavy atom. The molecule has 3 nitrogen and oxygen atoms in total. The van der Waals surface area contributed by atoms with Gasteiger partial charge in [0.2, 0.25) is 5.91 Å². The molecule has 3 N–H and O–H groups in total. The summed E-state index contributed by atoms with van der Waals surface area (Å²) in [5.41, 5.74) is 8.14. The fourth-order valence-electron chi connectivity index (χ4n) is 1.94. The highest BCUT2D eigenvalue weighted by Gasteiger charge is 2.05. The van der Waals surface area contributed by atoms with Crippen LogP contribution in [0.4, 0.5) is 5.69 Å². The summed E-state index contributed by atoms with van der Waals surface area (Å²) in [5, 5.41) is 3.47. The number of rotatable bonds is 5. The van der Waals surface area contributed by atoms with Crippen LogP contribution in [0.5, 0.6) is 0 Å². The van der Waals surface area contributed by atoms with Crippen LogP contribution in [-0.2, 0) is 17.6 Å². The quantitative estimate of drug-likeness (QED) is 0.831. The van der Waals surface area contributed by atoms with E-state index in [2.05, 4.69) is 5.32 Å². The van der Waals surface area contributed by atoms with Crippen LogP contribution < -0.4 is 11.1 Å². The van der Waals surface area contributed by atoms with E-state index in [1.54, 1.807) is 12.1 Å². The topological polar surface area (TPSA) is 55.1 Å². The minimum atomic E-state index is -0.0839. The Bertz CT molecular complexity index is 656. The Morgan fingerprint density at radius 2 is 1.81 bits per heavy atom.